The highest BCUT2D eigenvalue weighted by Gasteiger charge is 2.38. The van der Waals surface area contributed by atoms with E-state index < -0.39 is 18.3 Å². The lowest BCUT2D eigenvalue weighted by Gasteiger charge is -2.37. The first kappa shape index (κ1) is 29.2. The van der Waals surface area contributed by atoms with Gasteiger partial charge in [-0.05, 0) is 88.2 Å². The second kappa shape index (κ2) is 11.7. The summed E-state index contributed by atoms with van der Waals surface area (Å²) in [5.41, 5.74) is 6.28. The predicted molar refractivity (Wildman–Crippen MR) is 167 cm³/mol. The van der Waals surface area contributed by atoms with E-state index in [1.807, 2.05) is 6.07 Å². The highest BCUT2D eigenvalue weighted by molar-refractivity contribution is 5.83. The number of benzene rings is 4. The van der Waals surface area contributed by atoms with Gasteiger partial charge in [0, 0.05) is 23.6 Å². The largest absolute Gasteiger partial charge is 0.508 e. The van der Waals surface area contributed by atoms with Gasteiger partial charge in [0.15, 0.2) is 11.5 Å². The number of aliphatic hydroxyl groups excluding tert-OH is 3. The minimum absolute atomic E-state index is 0.00181. The number of aromatic hydroxyl groups is 2. The Morgan fingerprint density at radius 1 is 0.933 bits per heavy atom. The van der Waals surface area contributed by atoms with E-state index in [2.05, 4.69) is 29.3 Å². The molecule has 232 valence electrons. The number of hydrogen-bond donors (Lipinski definition) is 5. The predicted octanol–water partition coefficient (Wildman–Crippen LogP) is 2.84. The summed E-state index contributed by atoms with van der Waals surface area (Å²) in [5.74, 6) is 1.40. The zero-order valence-corrected chi connectivity index (χ0v) is 24.8. The van der Waals surface area contributed by atoms with Crippen molar-refractivity contribution in [2.45, 2.75) is 43.5 Å². The van der Waals surface area contributed by atoms with E-state index in [9.17, 15) is 25.5 Å². The van der Waals surface area contributed by atoms with Crippen LogP contribution in [0.2, 0.25) is 0 Å². The van der Waals surface area contributed by atoms with Crippen LogP contribution in [0.25, 0.3) is 17.2 Å². The molecule has 5 N–H and O–H groups in total. The summed E-state index contributed by atoms with van der Waals surface area (Å²) >= 11 is 0. The maximum atomic E-state index is 11.4. The molecule has 2 heterocycles. The Labute approximate surface area is 259 Å². The summed E-state index contributed by atoms with van der Waals surface area (Å²) in [5, 5.41) is 54.1. The van der Waals surface area contributed by atoms with E-state index in [1.54, 1.807) is 30.3 Å². The number of hydrogen-bond acceptors (Lipinski definition) is 9. The molecule has 4 aromatic rings. The van der Waals surface area contributed by atoms with Crippen LogP contribution in [0.5, 0.6) is 28.7 Å². The lowest BCUT2D eigenvalue weighted by Crippen LogP contribution is -2.32. The Balaban J connectivity index is 1.35. The van der Waals surface area contributed by atoms with Crippen molar-refractivity contribution in [2.75, 3.05) is 26.9 Å². The van der Waals surface area contributed by atoms with Gasteiger partial charge in [-0.15, -0.1) is 0 Å². The van der Waals surface area contributed by atoms with Gasteiger partial charge in [-0.25, -0.2) is 0 Å². The third-order valence-corrected chi connectivity index (χ3v) is 9.06. The van der Waals surface area contributed by atoms with Crippen molar-refractivity contribution in [2.24, 2.45) is 4.99 Å². The molecule has 3 atom stereocenters. The quantitative estimate of drug-likeness (QED) is 0.206. The molecule has 45 heavy (non-hydrogen) atoms. The molecule has 0 aromatic heterocycles. The standard InChI is InChI=1S/C36H35NO8/c1-43-33-13-21(3-7-30(33)41)36-31(42)15-27-28-12-22(11-19-2-6-29-20(10-19)8-9-37-29)26-14-23(40)4-5-25(26)35(28)34(16-32(27)45-36)44-24(17-38)18-39/h2-8,10,13-14,16,22,24,31,36,38-42H,9,11-12,15,17-18H2,1H3. The molecular weight excluding hydrogens is 574 g/mol. The maximum Gasteiger partial charge on any atom is 0.160 e. The van der Waals surface area contributed by atoms with Gasteiger partial charge in [0.25, 0.3) is 0 Å². The van der Waals surface area contributed by atoms with Gasteiger partial charge < -0.3 is 39.7 Å². The van der Waals surface area contributed by atoms with E-state index in [0.29, 0.717) is 42.9 Å². The molecule has 0 saturated carbocycles. The molecule has 0 amide bonds. The summed E-state index contributed by atoms with van der Waals surface area (Å²) in [6.07, 6.45) is 1.25. The molecule has 9 nitrogen and oxygen atoms in total. The Bertz CT molecular complexity index is 1900. The third-order valence-electron chi connectivity index (χ3n) is 9.06. The van der Waals surface area contributed by atoms with Crippen molar-refractivity contribution in [1.82, 2.24) is 0 Å². The Kier molecular flexibility index (Phi) is 7.61. The lowest BCUT2D eigenvalue weighted by atomic mass is 9.73. The molecule has 3 unspecified atom stereocenters. The van der Waals surface area contributed by atoms with E-state index in [-0.39, 0.29) is 36.4 Å². The van der Waals surface area contributed by atoms with E-state index in [4.69, 9.17) is 14.2 Å². The first-order valence-corrected chi connectivity index (χ1v) is 15.1. The molecular formula is C36H35NO8. The fourth-order valence-corrected chi connectivity index (χ4v) is 6.89. The van der Waals surface area contributed by atoms with Gasteiger partial charge in [-0.2, -0.15) is 0 Å². The zero-order chi connectivity index (χ0) is 31.2. The first-order chi connectivity index (χ1) is 21.9. The van der Waals surface area contributed by atoms with Crippen molar-refractivity contribution in [3.05, 3.63) is 99.1 Å². The minimum Gasteiger partial charge on any atom is -0.508 e. The van der Waals surface area contributed by atoms with Crippen LogP contribution >= 0.6 is 0 Å². The van der Waals surface area contributed by atoms with Crippen LogP contribution in [0.4, 0.5) is 0 Å². The van der Waals surface area contributed by atoms with Crippen molar-refractivity contribution in [3.63, 3.8) is 0 Å². The average Bonchev–Trinajstić information content (AvgIpc) is 3.52. The number of nitrogens with zero attached hydrogens (tertiary/aromatic N) is 1. The van der Waals surface area contributed by atoms with Gasteiger partial charge >= 0.3 is 0 Å². The van der Waals surface area contributed by atoms with Gasteiger partial charge in [0.05, 0.1) is 38.3 Å². The summed E-state index contributed by atoms with van der Waals surface area (Å²) in [4.78, 5) is 4.51. The highest BCUT2D eigenvalue weighted by Crippen LogP contribution is 2.52. The number of ether oxygens (including phenoxy) is 3. The normalized spacial score (nSPS) is 19.4. The number of methoxy groups -OCH3 is 1. The van der Waals surface area contributed by atoms with Crippen LogP contribution in [0.3, 0.4) is 0 Å². The van der Waals surface area contributed by atoms with E-state index in [1.165, 1.54) is 13.2 Å². The average molecular weight is 610 g/mol. The maximum absolute atomic E-state index is 11.4. The topological polar surface area (TPSA) is 141 Å². The molecule has 0 saturated heterocycles. The molecule has 7 rings (SSSR count). The SMILES string of the molecule is COc1cc(C2Oc3cc(OC(CO)CO)c4c(c3CC2O)CC(Cc2ccc3c(c2)=CCN=3)c2cc(O)ccc2-4)ccc1O. The Morgan fingerprint density at radius 3 is 2.58 bits per heavy atom. The summed E-state index contributed by atoms with van der Waals surface area (Å²) in [6, 6.07) is 18.3. The van der Waals surface area contributed by atoms with Crippen LogP contribution in [0.1, 0.15) is 39.8 Å². The Hall–Kier alpha value is -4.57. The first-order valence-electron chi connectivity index (χ1n) is 15.1. The number of rotatable bonds is 8. The monoisotopic (exact) mass is 609 g/mol. The van der Waals surface area contributed by atoms with Gasteiger partial charge in [-0.1, -0.05) is 24.3 Å². The van der Waals surface area contributed by atoms with Gasteiger partial charge in [0.2, 0.25) is 0 Å². The molecule has 0 fully saturated rings. The second-order valence-corrected chi connectivity index (χ2v) is 11.9. The smallest absolute Gasteiger partial charge is 0.160 e. The van der Waals surface area contributed by atoms with Crippen LogP contribution in [0.15, 0.2) is 65.7 Å². The van der Waals surface area contributed by atoms with Crippen molar-refractivity contribution in [1.29, 1.82) is 0 Å². The van der Waals surface area contributed by atoms with Crippen LogP contribution in [0, 0.1) is 0 Å². The number of phenols is 2. The molecule has 2 aliphatic heterocycles. The van der Waals surface area contributed by atoms with Crippen molar-refractivity contribution >= 4 is 6.08 Å². The molecule has 1 aliphatic carbocycles. The third kappa shape index (κ3) is 5.27. The second-order valence-electron chi connectivity index (χ2n) is 11.9. The van der Waals surface area contributed by atoms with Crippen LogP contribution in [-0.4, -0.2) is 64.6 Å². The molecule has 4 aromatic carbocycles. The fraction of sp³-hybridized carbons (Fsp3) is 0.306. The van der Waals surface area contributed by atoms with Crippen LogP contribution < -0.4 is 24.8 Å². The minimum atomic E-state index is -0.888. The fourth-order valence-electron chi connectivity index (χ4n) is 6.89. The van der Waals surface area contributed by atoms with Crippen molar-refractivity contribution in [3.8, 4) is 39.9 Å². The molecule has 9 heteroatoms. The summed E-state index contributed by atoms with van der Waals surface area (Å²) < 4.78 is 18.0. The number of aliphatic hydroxyl groups is 3. The molecule has 0 radical (unpaired) electrons. The summed E-state index contributed by atoms with van der Waals surface area (Å²) in [6.45, 7) is -0.0841. The van der Waals surface area contributed by atoms with Gasteiger partial charge in [0.1, 0.15) is 29.5 Å². The Morgan fingerprint density at radius 2 is 1.78 bits per heavy atom. The highest BCUT2D eigenvalue weighted by atomic mass is 16.5. The summed E-state index contributed by atoms with van der Waals surface area (Å²) in [7, 11) is 1.46. The number of fused-ring (bicyclic) bond motifs is 6. The van der Waals surface area contributed by atoms with Gasteiger partial charge in [-0.3, -0.25) is 4.99 Å². The molecule has 0 spiro atoms. The van der Waals surface area contributed by atoms with E-state index in [0.717, 1.165) is 44.0 Å². The zero-order valence-electron chi connectivity index (χ0n) is 24.8. The van der Waals surface area contributed by atoms with Crippen molar-refractivity contribution < 1.29 is 39.7 Å². The number of phenolic OH excluding ortho intramolecular Hbond substituents is 2. The lowest BCUT2D eigenvalue weighted by molar-refractivity contribution is 0.0196. The van der Waals surface area contributed by atoms with Crippen LogP contribution in [-0.2, 0) is 19.3 Å². The molecule has 3 aliphatic rings. The molecule has 0 bridgehead atoms. The van der Waals surface area contributed by atoms with E-state index >= 15 is 0 Å².